The number of hydrogen-bond donors (Lipinski definition) is 2. The summed E-state index contributed by atoms with van der Waals surface area (Å²) in [4.78, 5) is 28.4. The van der Waals surface area contributed by atoms with Crippen LogP contribution in [0.25, 0.3) is 0 Å². The van der Waals surface area contributed by atoms with Crippen molar-refractivity contribution in [3.05, 3.63) is 87.6 Å². The third kappa shape index (κ3) is 6.63. The van der Waals surface area contributed by atoms with E-state index in [0.29, 0.717) is 30.6 Å². The highest BCUT2D eigenvalue weighted by Gasteiger charge is 2.30. The van der Waals surface area contributed by atoms with Crippen molar-refractivity contribution in [3.8, 4) is 0 Å². The van der Waals surface area contributed by atoms with Gasteiger partial charge >= 0.3 is 6.18 Å². The standard InChI is InChI=1S/C26H26F3N3O2S/c27-26(28,29)19-6-3-5-18(15-19)17-30-25(34)22-8-1-2-9-23(22)32-12-10-20(11-13-32)31-24(33)16-21-7-4-14-35-21/h1-9,14-15,20H,10-13,16-17H2,(H,30,34)(H,31,33). The van der Waals surface area contributed by atoms with Gasteiger partial charge in [0, 0.05) is 36.2 Å². The molecule has 1 saturated heterocycles. The van der Waals surface area contributed by atoms with Crippen LogP contribution in [-0.2, 0) is 23.9 Å². The Kier molecular flexibility index (Phi) is 7.75. The van der Waals surface area contributed by atoms with Gasteiger partial charge < -0.3 is 15.5 Å². The highest BCUT2D eigenvalue weighted by Crippen LogP contribution is 2.29. The lowest BCUT2D eigenvalue weighted by Crippen LogP contribution is -2.45. The van der Waals surface area contributed by atoms with Crippen molar-refractivity contribution in [2.75, 3.05) is 18.0 Å². The normalized spacial score (nSPS) is 14.5. The van der Waals surface area contributed by atoms with E-state index in [0.717, 1.165) is 35.5 Å². The molecule has 3 aromatic rings. The molecule has 0 radical (unpaired) electrons. The van der Waals surface area contributed by atoms with E-state index >= 15 is 0 Å². The number of para-hydroxylation sites is 1. The SMILES string of the molecule is O=C(Cc1cccs1)NC1CCN(c2ccccc2C(=O)NCc2cccc(C(F)(F)F)c2)CC1. The number of carbonyl (C=O) groups is 2. The molecule has 184 valence electrons. The van der Waals surface area contributed by atoms with Crippen LogP contribution in [0.3, 0.4) is 0 Å². The lowest BCUT2D eigenvalue weighted by atomic mass is 10.0. The molecule has 0 saturated carbocycles. The Morgan fingerprint density at radius 3 is 2.49 bits per heavy atom. The quantitative estimate of drug-likeness (QED) is 0.478. The fraction of sp³-hybridized carbons (Fsp3) is 0.308. The highest BCUT2D eigenvalue weighted by atomic mass is 32.1. The second kappa shape index (κ2) is 10.9. The van der Waals surface area contributed by atoms with E-state index in [-0.39, 0.29) is 24.4 Å². The maximum absolute atomic E-state index is 13.0. The summed E-state index contributed by atoms with van der Waals surface area (Å²) in [5.41, 5.74) is 0.886. The average molecular weight is 502 g/mol. The number of thiophene rings is 1. The molecular formula is C26H26F3N3O2S. The topological polar surface area (TPSA) is 61.4 Å². The molecule has 2 N–H and O–H groups in total. The molecule has 1 aliphatic heterocycles. The van der Waals surface area contributed by atoms with Gasteiger partial charge in [0.1, 0.15) is 0 Å². The third-order valence-electron chi connectivity index (χ3n) is 5.97. The largest absolute Gasteiger partial charge is 0.416 e. The van der Waals surface area contributed by atoms with Gasteiger partial charge in [0.05, 0.1) is 17.5 Å². The summed E-state index contributed by atoms with van der Waals surface area (Å²) in [5.74, 6) is -0.329. The van der Waals surface area contributed by atoms with E-state index in [1.54, 1.807) is 29.5 Å². The smallest absolute Gasteiger partial charge is 0.371 e. The molecule has 0 atom stereocenters. The number of rotatable bonds is 7. The molecule has 0 aliphatic carbocycles. The summed E-state index contributed by atoms with van der Waals surface area (Å²) in [5, 5.41) is 7.79. The van der Waals surface area contributed by atoms with Gasteiger partial charge in [-0.15, -0.1) is 11.3 Å². The molecule has 1 fully saturated rings. The van der Waals surface area contributed by atoms with Crippen LogP contribution < -0.4 is 15.5 Å². The summed E-state index contributed by atoms with van der Waals surface area (Å²) in [7, 11) is 0. The van der Waals surface area contributed by atoms with E-state index in [4.69, 9.17) is 0 Å². The van der Waals surface area contributed by atoms with Gasteiger partial charge in [-0.1, -0.05) is 30.3 Å². The van der Waals surface area contributed by atoms with Crippen molar-refractivity contribution in [2.45, 2.75) is 38.0 Å². The van der Waals surface area contributed by atoms with E-state index in [2.05, 4.69) is 15.5 Å². The minimum absolute atomic E-state index is 0.00453. The maximum Gasteiger partial charge on any atom is 0.416 e. The molecular weight excluding hydrogens is 475 g/mol. The van der Waals surface area contributed by atoms with Crippen molar-refractivity contribution in [1.29, 1.82) is 0 Å². The summed E-state index contributed by atoms with van der Waals surface area (Å²) < 4.78 is 38.9. The molecule has 0 spiro atoms. The van der Waals surface area contributed by atoms with E-state index in [1.165, 1.54) is 6.07 Å². The Balaban J connectivity index is 1.33. The molecule has 35 heavy (non-hydrogen) atoms. The second-order valence-corrected chi connectivity index (χ2v) is 9.52. The zero-order chi connectivity index (χ0) is 24.8. The average Bonchev–Trinajstić information content (AvgIpc) is 3.35. The Bertz CT molecular complexity index is 1160. The second-order valence-electron chi connectivity index (χ2n) is 8.48. The van der Waals surface area contributed by atoms with Gasteiger partial charge in [-0.2, -0.15) is 13.2 Å². The molecule has 1 aliphatic rings. The van der Waals surface area contributed by atoms with Gasteiger partial charge in [-0.3, -0.25) is 9.59 Å². The minimum atomic E-state index is -4.43. The molecule has 9 heteroatoms. The predicted octanol–water partition coefficient (Wildman–Crippen LogP) is 5.02. The lowest BCUT2D eigenvalue weighted by Gasteiger charge is -2.35. The summed E-state index contributed by atoms with van der Waals surface area (Å²) in [6.45, 7) is 1.36. The van der Waals surface area contributed by atoms with Crippen molar-refractivity contribution in [3.63, 3.8) is 0 Å². The molecule has 5 nitrogen and oxygen atoms in total. The van der Waals surface area contributed by atoms with Crippen LogP contribution in [0.15, 0.2) is 66.0 Å². The fourth-order valence-electron chi connectivity index (χ4n) is 4.19. The third-order valence-corrected chi connectivity index (χ3v) is 6.85. The lowest BCUT2D eigenvalue weighted by molar-refractivity contribution is -0.137. The Labute approximate surface area is 206 Å². The number of anilines is 1. The number of nitrogens with zero attached hydrogens (tertiary/aromatic N) is 1. The number of piperidine rings is 1. The van der Waals surface area contributed by atoms with Crippen molar-refractivity contribution in [2.24, 2.45) is 0 Å². The van der Waals surface area contributed by atoms with E-state index < -0.39 is 11.7 Å². The number of alkyl halides is 3. The van der Waals surface area contributed by atoms with Gasteiger partial charge in [0.15, 0.2) is 0 Å². The first-order chi connectivity index (χ1) is 16.8. The van der Waals surface area contributed by atoms with Crippen molar-refractivity contribution >= 4 is 28.8 Å². The van der Waals surface area contributed by atoms with Crippen molar-refractivity contribution in [1.82, 2.24) is 10.6 Å². The summed E-state index contributed by atoms with van der Waals surface area (Å²) in [6, 6.07) is 16.1. The first-order valence-corrected chi connectivity index (χ1v) is 12.3. The fourth-order valence-corrected chi connectivity index (χ4v) is 4.89. The molecule has 2 aromatic carbocycles. The number of amides is 2. The number of hydrogen-bond acceptors (Lipinski definition) is 4. The van der Waals surface area contributed by atoms with Crippen LogP contribution in [0.4, 0.5) is 18.9 Å². The Hall–Kier alpha value is -3.33. The van der Waals surface area contributed by atoms with Gasteiger partial charge in [0.2, 0.25) is 5.91 Å². The number of carbonyl (C=O) groups excluding carboxylic acids is 2. The van der Waals surface area contributed by atoms with Gasteiger partial charge in [-0.05, 0) is 54.1 Å². The molecule has 2 heterocycles. The van der Waals surface area contributed by atoms with Crippen LogP contribution >= 0.6 is 11.3 Å². The predicted molar refractivity (Wildman–Crippen MR) is 130 cm³/mol. The number of nitrogens with one attached hydrogen (secondary N) is 2. The van der Waals surface area contributed by atoms with Crippen LogP contribution in [0, 0.1) is 0 Å². The number of benzene rings is 2. The Morgan fingerprint density at radius 2 is 1.77 bits per heavy atom. The minimum Gasteiger partial charge on any atom is -0.371 e. The van der Waals surface area contributed by atoms with Gasteiger partial charge in [0.25, 0.3) is 5.91 Å². The van der Waals surface area contributed by atoms with Crippen molar-refractivity contribution < 1.29 is 22.8 Å². The first kappa shape index (κ1) is 24.8. The molecule has 2 amide bonds. The number of halogens is 3. The summed E-state index contributed by atoms with van der Waals surface area (Å²) >= 11 is 1.56. The highest BCUT2D eigenvalue weighted by molar-refractivity contribution is 7.10. The van der Waals surface area contributed by atoms with Crippen LogP contribution in [0.1, 0.15) is 39.2 Å². The van der Waals surface area contributed by atoms with E-state index in [1.807, 2.05) is 29.6 Å². The van der Waals surface area contributed by atoms with Crippen LogP contribution in [-0.4, -0.2) is 30.9 Å². The first-order valence-electron chi connectivity index (χ1n) is 11.4. The maximum atomic E-state index is 13.0. The zero-order valence-corrected chi connectivity index (χ0v) is 19.8. The molecule has 0 bridgehead atoms. The zero-order valence-electron chi connectivity index (χ0n) is 19.0. The van der Waals surface area contributed by atoms with E-state index in [9.17, 15) is 22.8 Å². The Morgan fingerprint density at radius 1 is 1.00 bits per heavy atom. The van der Waals surface area contributed by atoms with Crippen LogP contribution in [0.2, 0.25) is 0 Å². The molecule has 1 aromatic heterocycles. The molecule has 4 rings (SSSR count). The van der Waals surface area contributed by atoms with Crippen LogP contribution in [0.5, 0.6) is 0 Å². The molecule has 0 unspecified atom stereocenters. The summed E-state index contributed by atoms with van der Waals surface area (Å²) in [6.07, 6.45) is -2.53. The monoisotopic (exact) mass is 501 g/mol. The van der Waals surface area contributed by atoms with Gasteiger partial charge in [-0.25, -0.2) is 0 Å².